The zero-order valence-corrected chi connectivity index (χ0v) is 38.1. The van der Waals surface area contributed by atoms with Gasteiger partial charge in [0.1, 0.15) is 12.4 Å². The molecule has 0 aliphatic carbocycles. The maximum Gasteiger partial charge on any atom is 0.407 e. The summed E-state index contributed by atoms with van der Waals surface area (Å²) in [5.74, 6) is 0.291. The number of anilines is 1. The van der Waals surface area contributed by atoms with Crippen molar-refractivity contribution in [3.63, 3.8) is 0 Å². The molecule has 3 amide bonds. The van der Waals surface area contributed by atoms with E-state index in [0.29, 0.717) is 23.6 Å². The van der Waals surface area contributed by atoms with E-state index in [4.69, 9.17) is 9.16 Å². The number of aromatic nitrogens is 1. The molecule has 1 unspecified atom stereocenters. The molecule has 0 saturated carbocycles. The van der Waals surface area contributed by atoms with E-state index in [1.807, 2.05) is 127 Å². The van der Waals surface area contributed by atoms with Gasteiger partial charge < -0.3 is 34.8 Å². The number of benzene rings is 5. The van der Waals surface area contributed by atoms with E-state index < -0.39 is 20.5 Å². The minimum atomic E-state index is -2.50. The van der Waals surface area contributed by atoms with Crippen molar-refractivity contribution in [1.29, 1.82) is 0 Å². The number of aromatic amines is 1. The van der Waals surface area contributed by atoms with Gasteiger partial charge >= 0.3 is 12.1 Å². The Morgan fingerprint density at radius 2 is 1.31 bits per heavy atom. The predicted octanol–water partition coefficient (Wildman–Crippen LogP) is 11.9. The fraction of sp³-hybridized carbons (Fsp3) is 0.314. The second-order valence-electron chi connectivity index (χ2n) is 18.5. The molecular formula is C51H60N4O6Si. The van der Waals surface area contributed by atoms with Crippen LogP contribution in [0.1, 0.15) is 87.4 Å². The highest BCUT2D eigenvalue weighted by atomic mass is 28.4. The first kappa shape index (κ1) is 45.4. The van der Waals surface area contributed by atoms with Crippen LogP contribution in [0.15, 0.2) is 144 Å². The van der Waals surface area contributed by atoms with Gasteiger partial charge in [0.25, 0.3) is 0 Å². The third kappa shape index (κ3) is 11.4. The van der Waals surface area contributed by atoms with Crippen molar-refractivity contribution in [3.05, 3.63) is 178 Å². The molecular weight excluding hydrogens is 793 g/mol. The van der Waals surface area contributed by atoms with Crippen LogP contribution in [-0.2, 0) is 11.0 Å². The van der Waals surface area contributed by atoms with Crippen molar-refractivity contribution >= 4 is 37.0 Å². The molecule has 0 spiro atoms. The summed E-state index contributed by atoms with van der Waals surface area (Å²) in [7, 11) is -2.50. The van der Waals surface area contributed by atoms with Gasteiger partial charge in [0, 0.05) is 29.6 Å². The van der Waals surface area contributed by atoms with Crippen LogP contribution in [0.4, 0.5) is 15.3 Å². The smallest absolute Gasteiger partial charge is 0.407 e. The Labute approximate surface area is 366 Å². The van der Waals surface area contributed by atoms with Crippen molar-refractivity contribution in [2.24, 2.45) is 5.41 Å². The van der Waals surface area contributed by atoms with Gasteiger partial charge in [-0.15, -0.1) is 0 Å². The Bertz CT molecular complexity index is 2440. The molecule has 62 heavy (non-hydrogen) atoms. The summed E-state index contributed by atoms with van der Waals surface area (Å²) >= 11 is 0. The van der Waals surface area contributed by atoms with Crippen molar-refractivity contribution in [2.75, 3.05) is 18.4 Å². The minimum absolute atomic E-state index is 0.0523. The molecule has 0 bridgehead atoms. The van der Waals surface area contributed by atoms with Crippen LogP contribution in [0, 0.1) is 5.41 Å². The van der Waals surface area contributed by atoms with Crippen LogP contribution in [0.5, 0.6) is 5.75 Å². The number of fused-ring (bicyclic) bond motifs is 1. The van der Waals surface area contributed by atoms with Gasteiger partial charge in [0.15, 0.2) is 8.32 Å². The number of amides is 3. The van der Waals surface area contributed by atoms with Crippen LogP contribution in [-0.4, -0.2) is 48.5 Å². The van der Waals surface area contributed by atoms with Crippen LogP contribution in [0.25, 0.3) is 10.9 Å². The van der Waals surface area contributed by atoms with Gasteiger partial charge in [0.2, 0.25) is 5.56 Å². The molecule has 0 saturated heterocycles. The van der Waals surface area contributed by atoms with Crippen LogP contribution in [0.3, 0.4) is 0 Å². The number of ether oxygens (including phenoxy) is 1. The number of H-pyrrole nitrogens is 1. The fourth-order valence-electron chi connectivity index (χ4n) is 7.39. The van der Waals surface area contributed by atoms with E-state index in [1.165, 1.54) is 11.0 Å². The molecule has 0 radical (unpaired) electrons. The van der Waals surface area contributed by atoms with E-state index in [-0.39, 0.29) is 47.1 Å². The number of hydrogen-bond donors (Lipinski definition) is 4. The largest absolute Gasteiger partial charge is 0.487 e. The van der Waals surface area contributed by atoms with E-state index in [0.717, 1.165) is 33.2 Å². The molecule has 0 aliphatic heterocycles. The first-order chi connectivity index (χ1) is 29.4. The van der Waals surface area contributed by atoms with E-state index in [1.54, 1.807) is 6.07 Å². The summed E-state index contributed by atoms with van der Waals surface area (Å²) in [6.07, 6.45) is -1.73. The summed E-state index contributed by atoms with van der Waals surface area (Å²) in [6.45, 7) is 17.6. The normalized spacial score (nSPS) is 13.0. The van der Waals surface area contributed by atoms with Crippen molar-refractivity contribution < 1.29 is 23.9 Å². The van der Waals surface area contributed by atoms with Gasteiger partial charge in [-0.05, 0) is 75.6 Å². The average Bonchev–Trinajstić information content (AvgIpc) is 3.23. The Morgan fingerprint density at radius 3 is 1.85 bits per heavy atom. The van der Waals surface area contributed by atoms with Crippen molar-refractivity contribution in [3.8, 4) is 5.75 Å². The van der Waals surface area contributed by atoms with Crippen molar-refractivity contribution in [1.82, 2.24) is 15.2 Å². The maximum atomic E-state index is 13.4. The zero-order chi connectivity index (χ0) is 44.7. The second kappa shape index (κ2) is 19.3. The molecule has 1 heterocycles. The molecule has 10 nitrogen and oxygen atoms in total. The van der Waals surface area contributed by atoms with Crippen LogP contribution >= 0.6 is 0 Å². The predicted molar refractivity (Wildman–Crippen MR) is 251 cm³/mol. The number of hydrogen-bond acceptors (Lipinski definition) is 5. The van der Waals surface area contributed by atoms with Crippen LogP contribution < -0.4 is 20.9 Å². The quantitative estimate of drug-likeness (QED) is 0.0761. The lowest BCUT2D eigenvalue weighted by Crippen LogP contribution is -2.46. The third-order valence-corrected chi connectivity index (χ3v) is 16.4. The number of nitrogens with one attached hydrogen (secondary N) is 3. The molecule has 1 aromatic heterocycles. The van der Waals surface area contributed by atoms with Crippen molar-refractivity contribution in [2.45, 2.75) is 84.3 Å². The minimum Gasteiger partial charge on any atom is -0.487 e. The van der Waals surface area contributed by atoms with Gasteiger partial charge in [-0.2, -0.15) is 0 Å². The summed E-state index contributed by atoms with van der Waals surface area (Å²) in [5.41, 5.74) is 5.13. The summed E-state index contributed by atoms with van der Waals surface area (Å²) in [6, 6.07) is 43.4. The summed E-state index contributed by atoms with van der Waals surface area (Å²) in [5, 5.41) is 17.6. The molecule has 4 N–H and O–H groups in total. The molecule has 0 fully saturated rings. The van der Waals surface area contributed by atoms with E-state index >= 15 is 0 Å². The number of nitrogens with zero attached hydrogens (tertiary/aromatic N) is 1. The highest BCUT2D eigenvalue weighted by Crippen LogP contribution is 2.43. The Morgan fingerprint density at radius 1 is 0.726 bits per heavy atom. The number of pyridine rings is 1. The van der Waals surface area contributed by atoms with Gasteiger partial charge in [-0.25, -0.2) is 9.59 Å². The van der Waals surface area contributed by atoms with Gasteiger partial charge in [-0.1, -0.05) is 151 Å². The summed E-state index contributed by atoms with van der Waals surface area (Å²) in [4.78, 5) is 44.0. The highest BCUT2D eigenvalue weighted by molar-refractivity contribution is 6.74. The Balaban J connectivity index is 1.27. The fourth-order valence-corrected chi connectivity index (χ4v) is 8.66. The first-order valence-electron chi connectivity index (χ1n) is 21.2. The Hall–Kier alpha value is -6.17. The third-order valence-electron chi connectivity index (χ3n) is 11.9. The lowest BCUT2D eigenvalue weighted by Gasteiger charge is -2.41. The van der Waals surface area contributed by atoms with Crippen LogP contribution in [0.2, 0.25) is 18.1 Å². The zero-order valence-electron chi connectivity index (χ0n) is 37.1. The topological polar surface area (TPSA) is 133 Å². The van der Waals surface area contributed by atoms with Gasteiger partial charge in [0.05, 0.1) is 24.2 Å². The average molecular weight is 853 g/mol. The Kier molecular flexibility index (Phi) is 14.1. The number of carbonyl (C=O) groups excluding carboxylic acids is 1. The molecule has 5 aromatic carbocycles. The number of carbonyl (C=O) groups is 2. The number of rotatable bonds is 15. The molecule has 324 valence electrons. The van der Waals surface area contributed by atoms with E-state index in [2.05, 4.69) is 70.3 Å². The highest BCUT2D eigenvalue weighted by Gasteiger charge is 2.41. The molecule has 11 heteroatoms. The monoisotopic (exact) mass is 852 g/mol. The van der Waals surface area contributed by atoms with Gasteiger partial charge in [-0.3, -0.25) is 4.79 Å². The first-order valence-corrected chi connectivity index (χ1v) is 24.1. The number of carboxylic acid groups (broad SMARTS) is 1. The maximum absolute atomic E-state index is 13.4. The van der Waals surface area contributed by atoms with E-state index in [9.17, 15) is 19.5 Å². The second-order valence-corrected chi connectivity index (χ2v) is 23.2. The lowest BCUT2D eigenvalue weighted by atomic mass is 9.76. The molecule has 6 aromatic rings. The molecule has 6 rings (SSSR count). The lowest BCUT2D eigenvalue weighted by molar-refractivity contribution is 0.0907. The molecule has 2 atom stereocenters. The number of urea groups is 1. The standard InChI is InChI=1S/C51H60N4O6Si/c1-50(2,3)42(36-24-26-39(27-25-36)52-48(57)54-46(37-20-14-10-15-21-37)38-22-16-11-17-23-38)32-55(49(58)59)33-44(61-62(7,8)51(4,5)6)40-28-30-43(47-41(40)29-31-45(56)53-47)60-34-35-18-12-9-13-19-35/h9-31,42,44,46H,32-34H2,1-8H3,(H,53,56)(H,58,59)(H2,52,54,57)/t42?,44-/m0/s1. The summed E-state index contributed by atoms with van der Waals surface area (Å²) < 4.78 is 13.4. The molecule has 0 aliphatic rings. The SMILES string of the molecule is CC(C)(C)C(CN(C[C@H](O[Si](C)(C)C(C)(C)C)c1ccc(OCc2ccccc2)c2[nH]c(=O)ccc12)C(=O)O)c1ccc(NC(=O)NC(c2ccccc2)c2ccccc2)cc1.